The molecule has 0 aliphatic heterocycles. The first-order valence-electron chi connectivity index (χ1n) is 5.70. The van der Waals surface area contributed by atoms with E-state index in [0.29, 0.717) is 5.92 Å². The van der Waals surface area contributed by atoms with Crippen molar-refractivity contribution >= 4 is 22.6 Å². The summed E-state index contributed by atoms with van der Waals surface area (Å²) in [6.45, 7) is 3.77. The summed E-state index contributed by atoms with van der Waals surface area (Å²) in [6, 6.07) is 8.09. The molecule has 0 heterocycles. The van der Waals surface area contributed by atoms with E-state index >= 15 is 0 Å². The minimum absolute atomic E-state index is 0.0727. The van der Waals surface area contributed by atoms with Crippen LogP contribution in [-0.4, -0.2) is 17.0 Å². The molecular formula is C13H18F2IN. The van der Waals surface area contributed by atoms with Crippen LogP contribution in [0, 0.1) is 5.92 Å². The predicted octanol–water partition coefficient (Wildman–Crippen LogP) is 3.83. The Labute approximate surface area is 115 Å². The zero-order chi connectivity index (χ0) is 12.9. The molecule has 0 amide bonds. The maximum Gasteiger partial charge on any atom is 0.285 e. The van der Waals surface area contributed by atoms with Crippen LogP contribution in [0.2, 0.25) is 0 Å². The lowest BCUT2D eigenvalue weighted by molar-refractivity contribution is -0.00621. The zero-order valence-corrected chi connectivity index (χ0v) is 12.2. The van der Waals surface area contributed by atoms with Crippen molar-refractivity contribution in [3.63, 3.8) is 0 Å². The average Bonchev–Trinajstić information content (AvgIpc) is 2.30. The van der Waals surface area contributed by atoms with Crippen LogP contribution in [0.5, 0.6) is 0 Å². The van der Waals surface area contributed by atoms with Gasteiger partial charge < -0.3 is 5.32 Å². The molecule has 0 saturated carbocycles. The molecule has 1 rings (SSSR count). The lowest BCUT2D eigenvalue weighted by Gasteiger charge is -2.24. The molecule has 0 aliphatic rings. The number of hydrogen-bond acceptors (Lipinski definition) is 1. The van der Waals surface area contributed by atoms with E-state index in [-0.39, 0.29) is 18.2 Å². The SMILES string of the molecule is CC(C)C(CI)NCC(F)(F)c1ccccc1. The van der Waals surface area contributed by atoms with E-state index in [0.717, 1.165) is 4.43 Å². The first-order chi connectivity index (χ1) is 7.97. The minimum atomic E-state index is -2.81. The second-order valence-electron chi connectivity index (χ2n) is 4.46. The maximum atomic E-state index is 13.9. The first-order valence-corrected chi connectivity index (χ1v) is 7.22. The second kappa shape index (κ2) is 6.64. The van der Waals surface area contributed by atoms with Crippen molar-refractivity contribution in [2.75, 3.05) is 11.0 Å². The monoisotopic (exact) mass is 353 g/mol. The molecule has 0 bridgehead atoms. The van der Waals surface area contributed by atoms with Gasteiger partial charge in [0.15, 0.2) is 0 Å². The largest absolute Gasteiger partial charge is 0.307 e. The number of benzene rings is 1. The quantitative estimate of drug-likeness (QED) is 0.606. The summed E-state index contributed by atoms with van der Waals surface area (Å²) in [7, 11) is 0. The smallest absolute Gasteiger partial charge is 0.285 e. The van der Waals surface area contributed by atoms with Crippen LogP contribution in [0.15, 0.2) is 30.3 Å². The highest BCUT2D eigenvalue weighted by molar-refractivity contribution is 14.1. The van der Waals surface area contributed by atoms with Crippen molar-refractivity contribution in [3.05, 3.63) is 35.9 Å². The van der Waals surface area contributed by atoms with Crippen molar-refractivity contribution < 1.29 is 8.78 Å². The van der Waals surface area contributed by atoms with E-state index in [1.165, 1.54) is 12.1 Å². The molecule has 96 valence electrons. The first kappa shape index (κ1) is 14.8. The number of hydrogen-bond donors (Lipinski definition) is 1. The van der Waals surface area contributed by atoms with Gasteiger partial charge in [-0.3, -0.25) is 0 Å². The van der Waals surface area contributed by atoms with Gasteiger partial charge in [-0.05, 0) is 5.92 Å². The summed E-state index contributed by atoms with van der Waals surface area (Å²) in [6.07, 6.45) is 0. The third-order valence-corrected chi connectivity index (χ3v) is 3.70. The lowest BCUT2D eigenvalue weighted by atomic mass is 10.0. The zero-order valence-electron chi connectivity index (χ0n) is 10.1. The molecule has 0 radical (unpaired) electrons. The second-order valence-corrected chi connectivity index (χ2v) is 5.34. The van der Waals surface area contributed by atoms with Crippen LogP contribution in [-0.2, 0) is 5.92 Å². The van der Waals surface area contributed by atoms with Gasteiger partial charge in [-0.25, -0.2) is 0 Å². The number of nitrogens with one attached hydrogen (secondary N) is 1. The minimum Gasteiger partial charge on any atom is -0.307 e. The summed E-state index contributed by atoms with van der Waals surface area (Å²) in [5.74, 6) is -2.45. The van der Waals surface area contributed by atoms with Gasteiger partial charge in [0.1, 0.15) is 0 Å². The molecule has 4 heteroatoms. The van der Waals surface area contributed by atoms with Gasteiger partial charge in [0.2, 0.25) is 0 Å². The third kappa shape index (κ3) is 4.50. The fourth-order valence-electron chi connectivity index (χ4n) is 1.51. The Hall–Kier alpha value is -0.230. The van der Waals surface area contributed by atoms with Gasteiger partial charge in [0, 0.05) is 16.0 Å². The summed E-state index contributed by atoms with van der Waals surface area (Å²) < 4.78 is 28.5. The summed E-state index contributed by atoms with van der Waals surface area (Å²) in [4.78, 5) is 0. The van der Waals surface area contributed by atoms with Gasteiger partial charge in [-0.15, -0.1) is 0 Å². The van der Waals surface area contributed by atoms with E-state index in [1.807, 2.05) is 13.8 Å². The Kier molecular flexibility index (Phi) is 5.79. The maximum absolute atomic E-state index is 13.9. The topological polar surface area (TPSA) is 12.0 Å². The Bertz CT molecular complexity index is 327. The molecule has 0 aliphatic carbocycles. The molecule has 1 aromatic carbocycles. The van der Waals surface area contributed by atoms with Gasteiger partial charge in [-0.2, -0.15) is 8.78 Å². The molecule has 0 saturated heterocycles. The van der Waals surface area contributed by atoms with E-state index < -0.39 is 5.92 Å². The van der Waals surface area contributed by atoms with Crippen LogP contribution in [0.25, 0.3) is 0 Å². The average molecular weight is 353 g/mol. The fourth-order valence-corrected chi connectivity index (χ4v) is 2.84. The Balaban J connectivity index is 2.61. The van der Waals surface area contributed by atoms with Gasteiger partial charge in [0.25, 0.3) is 5.92 Å². The summed E-state index contributed by atoms with van der Waals surface area (Å²) in [5.41, 5.74) is 0.0727. The normalized spacial score (nSPS) is 14.0. The molecule has 17 heavy (non-hydrogen) atoms. The van der Waals surface area contributed by atoms with Crippen LogP contribution in [0.1, 0.15) is 19.4 Å². The summed E-state index contributed by atoms with van der Waals surface area (Å²) in [5, 5.41) is 2.95. The van der Waals surface area contributed by atoms with Crippen molar-refractivity contribution in [2.45, 2.75) is 25.8 Å². The number of alkyl halides is 3. The van der Waals surface area contributed by atoms with E-state index in [2.05, 4.69) is 27.9 Å². The van der Waals surface area contributed by atoms with Crippen LogP contribution >= 0.6 is 22.6 Å². The molecular weight excluding hydrogens is 335 g/mol. The molecule has 0 fully saturated rings. The van der Waals surface area contributed by atoms with Crippen molar-refractivity contribution in [1.29, 1.82) is 0 Å². The predicted molar refractivity (Wildman–Crippen MR) is 75.9 cm³/mol. The highest BCUT2D eigenvalue weighted by Crippen LogP contribution is 2.27. The van der Waals surface area contributed by atoms with Gasteiger partial charge in [0.05, 0.1) is 6.54 Å². The third-order valence-electron chi connectivity index (χ3n) is 2.75. The molecule has 1 unspecified atom stereocenters. The number of rotatable bonds is 6. The van der Waals surface area contributed by atoms with Crippen LogP contribution in [0.4, 0.5) is 8.78 Å². The van der Waals surface area contributed by atoms with E-state index in [9.17, 15) is 8.78 Å². The summed E-state index contributed by atoms with van der Waals surface area (Å²) >= 11 is 2.22. The molecule has 0 aromatic heterocycles. The Morgan fingerprint density at radius 2 is 1.82 bits per heavy atom. The molecule has 1 N–H and O–H groups in total. The molecule has 1 nitrogen and oxygen atoms in total. The molecule has 0 spiro atoms. The molecule has 1 atom stereocenters. The van der Waals surface area contributed by atoms with Crippen LogP contribution < -0.4 is 5.32 Å². The Morgan fingerprint density at radius 3 is 2.29 bits per heavy atom. The van der Waals surface area contributed by atoms with Gasteiger partial charge in [-0.1, -0.05) is 66.8 Å². The number of halogens is 3. The highest BCUT2D eigenvalue weighted by Gasteiger charge is 2.31. The standard InChI is InChI=1S/C13H18F2IN/c1-10(2)12(8-16)17-9-13(14,15)11-6-4-3-5-7-11/h3-7,10,12,17H,8-9H2,1-2H3. The Morgan fingerprint density at radius 1 is 1.24 bits per heavy atom. The van der Waals surface area contributed by atoms with E-state index in [4.69, 9.17) is 0 Å². The molecule has 1 aromatic rings. The van der Waals surface area contributed by atoms with Gasteiger partial charge >= 0.3 is 0 Å². The van der Waals surface area contributed by atoms with Crippen molar-refractivity contribution in [1.82, 2.24) is 5.32 Å². The highest BCUT2D eigenvalue weighted by atomic mass is 127. The lowest BCUT2D eigenvalue weighted by Crippen LogP contribution is -2.41. The van der Waals surface area contributed by atoms with Crippen molar-refractivity contribution in [3.8, 4) is 0 Å². The van der Waals surface area contributed by atoms with Crippen LogP contribution in [0.3, 0.4) is 0 Å². The fraction of sp³-hybridized carbons (Fsp3) is 0.538. The van der Waals surface area contributed by atoms with Crippen molar-refractivity contribution in [2.24, 2.45) is 5.92 Å². The van der Waals surface area contributed by atoms with E-state index in [1.54, 1.807) is 18.2 Å².